The molecule has 1 spiro atoms. The molecule has 1 amide bonds. The summed E-state index contributed by atoms with van der Waals surface area (Å²) < 4.78 is 6.47. The van der Waals surface area contributed by atoms with Crippen LogP contribution in [0.25, 0.3) is 0 Å². The van der Waals surface area contributed by atoms with Gasteiger partial charge >= 0.3 is 0 Å². The largest absolute Gasteiger partial charge is 0.487 e. The number of amides is 1. The van der Waals surface area contributed by atoms with E-state index < -0.39 is 0 Å². The van der Waals surface area contributed by atoms with Gasteiger partial charge in [-0.05, 0) is 55.9 Å². The summed E-state index contributed by atoms with van der Waals surface area (Å²) in [6, 6.07) is 16.3. The fourth-order valence-electron chi connectivity index (χ4n) is 4.77. The summed E-state index contributed by atoms with van der Waals surface area (Å²) >= 11 is 0. The Labute approximate surface area is 184 Å². The highest BCUT2D eigenvalue weighted by atomic mass is 16.5. The van der Waals surface area contributed by atoms with Crippen LogP contribution in [-0.2, 0) is 6.42 Å². The number of nitrogens with zero attached hydrogens (tertiary/aromatic N) is 1. The summed E-state index contributed by atoms with van der Waals surface area (Å²) in [5.74, 6) is 1.72. The van der Waals surface area contributed by atoms with Gasteiger partial charge in [-0.25, -0.2) is 0 Å². The summed E-state index contributed by atoms with van der Waals surface area (Å²) in [6.45, 7) is 0.729. The molecule has 1 aliphatic carbocycles. The van der Waals surface area contributed by atoms with Crippen LogP contribution in [0.15, 0.2) is 53.5 Å². The van der Waals surface area contributed by atoms with E-state index in [4.69, 9.17) is 4.74 Å². The number of nitrogens with one attached hydrogen (secondary N) is 3. The summed E-state index contributed by atoms with van der Waals surface area (Å²) in [4.78, 5) is 16.3. The standard InChI is InChI=1S/C25H32N4O2/c1-26-23(30)19-9-7-8-18(16-19)12-15-28-24(27-2)29-21-17-25(13-5-6-14-25)31-22-11-4-3-10-20(21)22/h3-4,7-11,16,21H,5-6,12-15,17H2,1-2H3,(H,26,30)(H2,27,28,29). The van der Waals surface area contributed by atoms with Crippen LogP contribution in [0.5, 0.6) is 5.75 Å². The molecule has 2 aliphatic rings. The summed E-state index contributed by atoms with van der Waals surface area (Å²) in [5, 5.41) is 9.74. The smallest absolute Gasteiger partial charge is 0.251 e. The van der Waals surface area contributed by atoms with Gasteiger partial charge in [0.1, 0.15) is 11.4 Å². The zero-order valence-electron chi connectivity index (χ0n) is 18.4. The predicted octanol–water partition coefficient (Wildman–Crippen LogP) is 3.59. The van der Waals surface area contributed by atoms with Gasteiger partial charge in [0.15, 0.2) is 5.96 Å². The first-order valence-corrected chi connectivity index (χ1v) is 11.2. The van der Waals surface area contributed by atoms with Crippen molar-refractivity contribution in [2.24, 2.45) is 4.99 Å². The Hall–Kier alpha value is -3.02. The Morgan fingerprint density at radius 2 is 1.97 bits per heavy atom. The zero-order valence-corrected chi connectivity index (χ0v) is 18.4. The lowest BCUT2D eigenvalue weighted by atomic mass is 9.86. The zero-order chi connectivity index (χ0) is 21.7. The summed E-state index contributed by atoms with van der Waals surface area (Å²) in [7, 11) is 3.45. The third-order valence-electron chi connectivity index (χ3n) is 6.37. The van der Waals surface area contributed by atoms with E-state index in [-0.39, 0.29) is 17.6 Å². The van der Waals surface area contributed by atoms with E-state index in [0.29, 0.717) is 5.56 Å². The van der Waals surface area contributed by atoms with Crippen LogP contribution in [0.4, 0.5) is 0 Å². The van der Waals surface area contributed by atoms with Crippen LogP contribution in [0.1, 0.15) is 59.6 Å². The fraction of sp³-hybridized carbons (Fsp3) is 0.440. The van der Waals surface area contributed by atoms with E-state index in [9.17, 15) is 4.79 Å². The van der Waals surface area contributed by atoms with Gasteiger partial charge in [-0.3, -0.25) is 9.79 Å². The number of guanidine groups is 1. The van der Waals surface area contributed by atoms with Crippen molar-refractivity contribution < 1.29 is 9.53 Å². The van der Waals surface area contributed by atoms with Crippen molar-refractivity contribution in [3.05, 3.63) is 65.2 Å². The minimum Gasteiger partial charge on any atom is -0.487 e. The molecule has 0 radical (unpaired) electrons. The number of carbonyl (C=O) groups excluding carboxylic acids is 1. The first-order chi connectivity index (χ1) is 15.1. The van der Waals surface area contributed by atoms with E-state index in [1.807, 2.05) is 30.3 Å². The lowest BCUT2D eigenvalue weighted by Crippen LogP contribution is -2.47. The highest BCUT2D eigenvalue weighted by Gasteiger charge is 2.43. The normalized spacial score (nSPS) is 19.4. The van der Waals surface area contributed by atoms with Gasteiger partial charge in [-0.2, -0.15) is 0 Å². The molecule has 0 aromatic heterocycles. The van der Waals surface area contributed by atoms with Crippen molar-refractivity contribution in [2.75, 3.05) is 20.6 Å². The molecule has 1 saturated carbocycles. The van der Waals surface area contributed by atoms with E-state index in [1.54, 1.807) is 14.1 Å². The Bertz CT molecular complexity index is 950. The SMILES string of the molecule is CN=C(NCCc1cccc(C(=O)NC)c1)NC1CC2(CCCC2)Oc2ccccc21. The molecule has 6 heteroatoms. The number of aliphatic imine (C=N–C) groups is 1. The number of ether oxygens (including phenoxy) is 1. The Morgan fingerprint density at radius 1 is 1.16 bits per heavy atom. The number of carbonyl (C=O) groups is 1. The van der Waals surface area contributed by atoms with Crippen molar-refractivity contribution in [3.8, 4) is 5.75 Å². The number of hydrogen-bond acceptors (Lipinski definition) is 3. The molecule has 0 saturated heterocycles. The monoisotopic (exact) mass is 420 g/mol. The van der Waals surface area contributed by atoms with Crippen LogP contribution in [0.3, 0.4) is 0 Å². The van der Waals surface area contributed by atoms with Gasteiger partial charge in [0.2, 0.25) is 0 Å². The highest BCUT2D eigenvalue weighted by Crippen LogP contribution is 2.46. The maximum Gasteiger partial charge on any atom is 0.251 e. The molecular formula is C25H32N4O2. The first kappa shape index (κ1) is 21.2. The van der Waals surface area contributed by atoms with Crippen molar-refractivity contribution in [1.82, 2.24) is 16.0 Å². The fourth-order valence-corrected chi connectivity index (χ4v) is 4.77. The average Bonchev–Trinajstić information content (AvgIpc) is 3.25. The summed E-state index contributed by atoms with van der Waals surface area (Å²) in [5.41, 5.74) is 2.94. The minimum absolute atomic E-state index is 0.0504. The number of rotatable bonds is 5. The van der Waals surface area contributed by atoms with Crippen molar-refractivity contribution in [3.63, 3.8) is 0 Å². The van der Waals surface area contributed by atoms with E-state index in [2.05, 4.69) is 39.1 Å². The molecule has 3 N–H and O–H groups in total. The molecule has 4 rings (SSSR count). The first-order valence-electron chi connectivity index (χ1n) is 11.2. The molecule has 1 unspecified atom stereocenters. The molecule has 164 valence electrons. The second-order valence-corrected chi connectivity index (χ2v) is 8.46. The molecule has 1 atom stereocenters. The maximum atomic E-state index is 11.9. The molecule has 6 nitrogen and oxygen atoms in total. The third-order valence-corrected chi connectivity index (χ3v) is 6.37. The Morgan fingerprint density at radius 3 is 2.74 bits per heavy atom. The van der Waals surface area contributed by atoms with Gasteiger partial charge in [-0.15, -0.1) is 0 Å². The summed E-state index contributed by atoms with van der Waals surface area (Å²) in [6.07, 6.45) is 6.47. The van der Waals surface area contributed by atoms with Crippen LogP contribution >= 0.6 is 0 Å². The maximum absolute atomic E-state index is 11.9. The molecule has 1 aliphatic heterocycles. The van der Waals surface area contributed by atoms with E-state index >= 15 is 0 Å². The third kappa shape index (κ3) is 4.84. The number of para-hydroxylation sites is 1. The van der Waals surface area contributed by atoms with E-state index in [0.717, 1.165) is 49.5 Å². The lowest BCUT2D eigenvalue weighted by molar-refractivity contribution is 0.0396. The number of hydrogen-bond donors (Lipinski definition) is 3. The van der Waals surface area contributed by atoms with Gasteiger partial charge in [0.05, 0.1) is 6.04 Å². The predicted molar refractivity (Wildman–Crippen MR) is 124 cm³/mol. The molecule has 0 bridgehead atoms. The molecule has 2 aromatic carbocycles. The van der Waals surface area contributed by atoms with Gasteiger partial charge < -0.3 is 20.7 Å². The van der Waals surface area contributed by atoms with Crippen LogP contribution in [0, 0.1) is 0 Å². The topological polar surface area (TPSA) is 74.8 Å². The Kier molecular flexibility index (Phi) is 6.44. The van der Waals surface area contributed by atoms with Crippen molar-refractivity contribution >= 4 is 11.9 Å². The lowest BCUT2D eigenvalue weighted by Gasteiger charge is -2.40. The Balaban J connectivity index is 1.39. The van der Waals surface area contributed by atoms with Gasteiger partial charge in [0.25, 0.3) is 5.91 Å². The second-order valence-electron chi connectivity index (χ2n) is 8.46. The van der Waals surface area contributed by atoms with Crippen molar-refractivity contribution in [1.29, 1.82) is 0 Å². The number of fused-ring (bicyclic) bond motifs is 1. The van der Waals surface area contributed by atoms with Gasteiger partial charge in [0, 0.05) is 38.2 Å². The highest BCUT2D eigenvalue weighted by molar-refractivity contribution is 5.94. The van der Waals surface area contributed by atoms with Crippen LogP contribution in [-0.4, -0.2) is 38.1 Å². The van der Waals surface area contributed by atoms with Crippen molar-refractivity contribution in [2.45, 2.75) is 50.2 Å². The number of benzene rings is 2. The van der Waals surface area contributed by atoms with E-state index in [1.165, 1.54) is 18.4 Å². The minimum atomic E-state index is -0.0636. The van der Waals surface area contributed by atoms with Gasteiger partial charge in [-0.1, -0.05) is 30.3 Å². The quantitative estimate of drug-likeness (QED) is 0.510. The van der Waals surface area contributed by atoms with Crippen LogP contribution < -0.4 is 20.7 Å². The molecule has 1 fully saturated rings. The second kappa shape index (κ2) is 9.41. The molecule has 2 aromatic rings. The molecule has 1 heterocycles. The molecule has 31 heavy (non-hydrogen) atoms. The molecular weight excluding hydrogens is 388 g/mol. The van der Waals surface area contributed by atoms with Crippen LogP contribution in [0.2, 0.25) is 0 Å². The average molecular weight is 421 g/mol.